The molecule has 0 heterocycles. The Bertz CT molecular complexity index is 181. The van der Waals surface area contributed by atoms with E-state index in [0.29, 0.717) is 5.92 Å². The maximum atomic E-state index is 10.5. The minimum absolute atomic E-state index is 0.225. The Kier molecular flexibility index (Phi) is 7.40. The van der Waals surface area contributed by atoms with Crippen LogP contribution >= 0.6 is 0 Å². The third-order valence-electron chi connectivity index (χ3n) is 2.30. The van der Waals surface area contributed by atoms with Gasteiger partial charge in [-0.05, 0) is 39.0 Å². The van der Waals surface area contributed by atoms with E-state index in [1.54, 1.807) is 7.11 Å². The third-order valence-corrected chi connectivity index (χ3v) is 2.30. The van der Waals surface area contributed by atoms with E-state index in [4.69, 9.17) is 4.74 Å². The number of carbonyl (C=O) groups excluding carboxylic acids is 1. The summed E-state index contributed by atoms with van der Waals surface area (Å²) < 4.78 is 5.01. The second-order valence-electron chi connectivity index (χ2n) is 4.11. The van der Waals surface area contributed by atoms with E-state index >= 15 is 0 Å². The molecule has 0 aliphatic heterocycles. The maximum Gasteiger partial charge on any atom is 0.148 e. The molecule has 0 aromatic carbocycles. The molecular weight excluding hydrogens is 176 g/mol. The van der Waals surface area contributed by atoms with Crippen molar-refractivity contribution in [3.8, 4) is 0 Å². The van der Waals surface area contributed by atoms with Crippen LogP contribution < -0.4 is 0 Å². The fourth-order valence-electron chi connectivity index (χ4n) is 1.38. The Labute approximate surface area is 87.3 Å². The Balaban J connectivity index is 3.69. The SMILES string of the molecule is COC(C=O)CC(C)CCC=C(C)C. The normalized spacial score (nSPS) is 14.6. The fraction of sp³-hybridized carbons (Fsp3) is 0.750. The molecule has 0 amide bonds. The lowest BCUT2D eigenvalue weighted by molar-refractivity contribution is -0.117. The summed E-state index contributed by atoms with van der Waals surface area (Å²) in [7, 11) is 1.59. The van der Waals surface area contributed by atoms with Gasteiger partial charge in [0.1, 0.15) is 12.4 Å². The summed E-state index contributed by atoms with van der Waals surface area (Å²) in [6.45, 7) is 6.37. The first-order valence-electron chi connectivity index (χ1n) is 5.21. The van der Waals surface area contributed by atoms with Gasteiger partial charge >= 0.3 is 0 Å². The molecule has 0 saturated carbocycles. The smallest absolute Gasteiger partial charge is 0.148 e. The Morgan fingerprint density at radius 3 is 2.50 bits per heavy atom. The van der Waals surface area contributed by atoms with Crippen LogP contribution in [0.15, 0.2) is 11.6 Å². The van der Waals surface area contributed by atoms with Crippen molar-refractivity contribution in [1.82, 2.24) is 0 Å². The van der Waals surface area contributed by atoms with Crippen LogP contribution in [0.3, 0.4) is 0 Å². The van der Waals surface area contributed by atoms with Crippen molar-refractivity contribution in [2.24, 2.45) is 5.92 Å². The molecule has 0 aromatic heterocycles. The minimum Gasteiger partial charge on any atom is -0.374 e. The van der Waals surface area contributed by atoms with E-state index in [-0.39, 0.29) is 6.10 Å². The molecule has 0 N–H and O–H groups in total. The molecule has 2 heteroatoms. The zero-order valence-corrected chi connectivity index (χ0v) is 9.75. The van der Waals surface area contributed by atoms with Gasteiger partial charge in [-0.2, -0.15) is 0 Å². The van der Waals surface area contributed by atoms with Gasteiger partial charge in [-0.15, -0.1) is 0 Å². The van der Waals surface area contributed by atoms with Gasteiger partial charge < -0.3 is 9.53 Å². The average molecular weight is 198 g/mol. The van der Waals surface area contributed by atoms with Crippen LogP contribution in [0, 0.1) is 5.92 Å². The number of methoxy groups -OCH3 is 1. The molecule has 0 radical (unpaired) electrons. The number of rotatable bonds is 7. The van der Waals surface area contributed by atoms with Crippen molar-refractivity contribution in [1.29, 1.82) is 0 Å². The average Bonchev–Trinajstić information content (AvgIpc) is 2.13. The van der Waals surface area contributed by atoms with Gasteiger partial charge in [0.05, 0.1) is 0 Å². The molecule has 0 aliphatic rings. The molecule has 0 aromatic rings. The predicted octanol–water partition coefficient (Wildman–Crippen LogP) is 2.97. The van der Waals surface area contributed by atoms with Crippen LogP contribution in [0.4, 0.5) is 0 Å². The molecule has 14 heavy (non-hydrogen) atoms. The lowest BCUT2D eigenvalue weighted by Gasteiger charge is -2.14. The third kappa shape index (κ3) is 6.84. The van der Waals surface area contributed by atoms with Crippen molar-refractivity contribution >= 4 is 6.29 Å². The number of ether oxygens (including phenoxy) is 1. The van der Waals surface area contributed by atoms with Crippen LogP contribution in [0.25, 0.3) is 0 Å². The van der Waals surface area contributed by atoms with Crippen LogP contribution in [-0.2, 0) is 9.53 Å². The highest BCUT2D eigenvalue weighted by atomic mass is 16.5. The first-order valence-corrected chi connectivity index (χ1v) is 5.21. The molecule has 0 aliphatic carbocycles. The van der Waals surface area contributed by atoms with Crippen molar-refractivity contribution in [2.45, 2.75) is 46.1 Å². The monoisotopic (exact) mass is 198 g/mol. The summed E-state index contributed by atoms with van der Waals surface area (Å²) in [4.78, 5) is 10.5. The number of hydrogen-bond acceptors (Lipinski definition) is 2. The number of carbonyl (C=O) groups is 1. The van der Waals surface area contributed by atoms with Gasteiger partial charge in [-0.25, -0.2) is 0 Å². The highest BCUT2D eigenvalue weighted by Gasteiger charge is 2.10. The van der Waals surface area contributed by atoms with Gasteiger partial charge in [0.25, 0.3) is 0 Å². The molecular formula is C12H22O2. The Hall–Kier alpha value is -0.630. The van der Waals surface area contributed by atoms with Gasteiger partial charge in [-0.3, -0.25) is 0 Å². The lowest BCUT2D eigenvalue weighted by Crippen LogP contribution is -2.15. The summed E-state index contributed by atoms with van der Waals surface area (Å²) in [6, 6.07) is 0. The van der Waals surface area contributed by atoms with Gasteiger partial charge in [0.15, 0.2) is 0 Å². The number of allylic oxidation sites excluding steroid dienone is 2. The van der Waals surface area contributed by atoms with Crippen LogP contribution in [0.1, 0.15) is 40.0 Å². The largest absolute Gasteiger partial charge is 0.374 e. The second kappa shape index (κ2) is 7.74. The van der Waals surface area contributed by atoms with Crippen LogP contribution in [-0.4, -0.2) is 19.5 Å². The summed E-state index contributed by atoms with van der Waals surface area (Å²) in [6.07, 6.45) is 5.95. The van der Waals surface area contributed by atoms with Crippen LogP contribution in [0.2, 0.25) is 0 Å². The van der Waals surface area contributed by atoms with Gasteiger partial charge in [0.2, 0.25) is 0 Å². The van der Waals surface area contributed by atoms with E-state index in [1.807, 2.05) is 0 Å². The van der Waals surface area contributed by atoms with Gasteiger partial charge in [0, 0.05) is 7.11 Å². The van der Waals surface area contributed by atoms with Crippen molar-refractivity contribution in [2.75, 3.05) is 7.11 Å². The summed E-state index contributed by atoms with van der Waals surface area (Å²) in [5.41, 5.74) is 1.36. The van der Waals surface area contributed by atoms with E-state index in [0.717, 1.165) is 25.5 Å². The number of aldehydes is 1. The summed E-state index contributed by atoms with van der Waals surface area (Å²) >= 11 is 0. The summed E-state index contributed by atoms with van der Waals surface area (Å²) in [5, 5.41) is 0. The quantitative estimate of drug-likeness (QED) is 0.464. The maximum absolute atomic E-state index is 10.5. The Morgan fingerprint density at radius 2 is 2.07 bits per heavy atom. The minimum atomic E-state index is -0.225. The molecule has 0 rings (SSSR count). The van der Waals surface area contributed by atoms with Crippen molar-refractivity contribution in [3.05, 3.63) is 11.6 Å². The molecule has 0 fully saturated rings. The first kappa shape index (κ1) is 13.4. The van der Waals surface area contributed by atoms with E-state index in [1.165, 1.54) is 5.57 Å². The predicted molar refractivity (Wildman–Crippen MR) is 59.3 cm³/mol. The van der Waals surface area contributed by atoms with Gasteiger partial charge in [-0.1, -0.05) is 18.6 Å². The van der Waals surface area contributed by atoms with Crippen molar-refractivity contribution < 1.29 is 9.53 Å². The standard InChI is InChI=1S/C12H22O2/c1-10(2)6-5-7-11(3)8-12(9-13)14-4/h6,9,11-12H,5,7-8H2,1-4H3. The van der Waals surface area contributed by atoms with E-state index in [2.05, 4.69) is 26.8 Å². The highest BCUT2D eigenvalue weighted by molar-refractivity contribution is 5.55. The zero-order valence-electron chi connectivity index (χ0n) is 9.75. The first-order chi connectivity index (χ1) is 6.60. The molecule has 2 unspecified atom stereocenters. The molecule has 2 atom stereocenters. The molecule has 2 nitrogen and oxygen atoms in total. The molecule has 82 valence electrons. The van der Waals surface area contributed by atoms with Crippen molar-refractivity contribution in [3.63, 3.8) is 0 Å². The zero-order chi connectivity index (χ0) is 11.0. The topological polar surface area (TPSA) is 26.3 Å². The number of hydrogen-bond donors (Lipinski definition) is 0. The Morgan fingerprint density at radius 1 is 1.43 bits per heavy atom. The molecule has 0 saturated heterocycles. The van der Waals surface area contributed by atoms with E-state index < -0.39 is 0 Å². The summed E-state index contributed by atoms with van der Waals surface area (Å²) in [5.74, 6) is 0.542. The van der Waals surface area contributed by atoms with E-state index in [9.17, 15) is 4.79 Å². The molecule has 0 spiro atoms. The highest BCUT2D eigenvalue weighted by Crippen LogP contribution is 2.14. The fourth-order valence-corrected chi connectivity index (χ4v) is 1.38. The molecule has 0 bridgehead atoms. The lowest BCUT2D eigenvalue weighted by atomic mass is 9.98. The van der Waals surface area contributed by atoms with Crippen LogP contribution in [0.5, 0.6) is 0 Å². The second-order valence-corrected chi connectivity index (χ2v) is 4.11.